The van der Waals surface area contributed by atoms with Crippen molar-refractivity contribution in [3.05, 3.63) is 108 Å². The molecular weight excluding hydrogens is 470 g/mol. The molecule has 0 amide bonds. The van der Waals surface area contributed by atoms with Crippen LogP contribution in [0.5, 0.6) is 11.5 Å². The van der Waals surface area contributed by atoms with E-state index in [1.54, 1.807) is 60.3 Å². The number of benzene rings is 4. The Morgan fingerprint density at radius 2 is 1.29 bits per heavy atom. The predicted molar refractivity (Wildman–Crippen MR) is 131 cm³/mol. The van der Waals surface area contributed by atoms with Crippen molar-refractivity contribution in [1.29, 1.82) is 0 Å². The molecule has 0 aliphatic rings. The SMILES string of the molecule is O=C(O)c1ccc(Sc2ccc(OCCCOc3ccc(-c4ccc(F)cc4F)cc3)cc2)cc1. The third-order valence-corrected chi connectivity index (χ3v) is 6.10. The first-order valence-corrected chi connectivity index (χ1v) is 11.7. The third-order valence-electron chi connectivity index (χ3n) is 5.08. The lowest BCUT2D eigenvalue weighted by Gasteiger charge is -2.10. The van der Waals surface area contributed by atoms with Crippen molar-refractivity contribution in [2.24, 2.45) is 0 Å². The molecule has 0 atom stereocenters. The van der Waals surface area contributed by atoms with Gasteiger partial charge in [-0.2, -0.15) is 0 Å². The maximum atomic E-state index is 13.9. The van der Waals surface area contributed by atoms with Gasteiger partial charge in [-0.05, 0) is 78.4 Å². The second-order valence-electron chi connectivity index (χ2n) is 7.60. The highest BCUT2D eigenvalue weighted by molar-refractivity contribution is 7.99. The largest absolute Gasteiger partial charge is 0.493 e. The first-order chi connectivity index (χ1) is 17.0. The van der Waals surface area contributed by atoms with Gasteiger partial charge in [-0.1, -0.05) is 23.9 Å². The molecule has 1 N–H and O–H groups in total. The lowest BCUT2D eigenvalue weighted by molar-refractivity contribution is 0.0697. The average molecular weight is 493 g/mol. The Morgan fingerprint density at radius 1 is 0.743 bits per heavy atom. The number of ether oxygens (including phenoxy) is 2. The van der Waals surface area contributed by atoms with Crippen LogP contribution < -0.4 is 9.47 Å². The number of carboxylic acids is 1. The van der Waals surface area contributed by atoms with Crippen LogP contribution in [-0.4, -0.2) is 24.3 Å². The zero-order chi connectivity index (χ0) is 24.6. The predicted octanol–water partition coefficient (Wildman–Crippen LogP) is 7.33. The van der Waals surface area contributed by atoms with Crippen LogP contribution in [0.2, 0.25) is 0 Å². The van der Waals surface area contributed by atoms with Gasteiger partial charge in [0, 0.05) is 27.8 Å². The topological polar surface area (TPSA) is 55.8 Å². The Morgan fingerprint density at radius 3 is 1.83 bits per heavy atom. The van der Waals surface area contributed by atoms with E-state index in [0.29, 0.717) is 36.5 Å². The van der Waals surface area contributed by atoms with E-state index in [2.05, 4.69) is 0 Å². The van der Waals surface area contributed by atoms with Crippen molar-refractivity contribution in [3.63, 3.8) is 0 Å². The van der Waals surface area contributed by atoms with Gasteiger partial charge < -0.3 is 14.6 Å². The van der Waals surface area contributed by atoms with Gasteiger partial charge in [0.2, 0.25) is 0 Å². The monoisotopic (exact) mass is 492 g/mol. The van der Waals surface area contributed by atoms with E-state index in [-0.39, 0.29) is 5.56 Å². The van der Waals surface area contributed by atoms with E-state index in [1.165, 1.54) is 12.1 Å². The van der Waals surface area contributed by atoms with Crippen LogP contribution in [0, 0.1) is 11.6 Å². The van der Waals surface area contributed by atoms with Crippen molar-refractivity contribution in [1.82, 2.24) is 0 Å². The van der Waals surface area contributed by atoms with E-state index in [0.717, 1.165) is 21.6 Å². The molecule has 0 saturated heterocycles. The highest BCUT2D eigenvalue weighted by Crippen LogP contribution is 2.29. The maximum absolute atomic E-state index is 13.9. The van der Waals surface area contributed by atoms with Gasteiger partial charge in [0.25, 0.3) is 0 Å². The first kappa shape index (κ1) is 24.3. The molecule has 178 valence electrons. The summed E-state index contributed by atoms with van der Waals surface area (Å²) in [6.45, 7) is 0.951. The van der Waals surface area contributed by atoms with Crippen molar-refractivity contribution in [2.45, 2.75) is 16.2 Å². The maximum Gasteiger partial charge on any atom is 0.335 e. The second-order valence-corrected chi connectivity index (χ2v) is 8.75. The summed E-state index contributed by atoms with van der Waals surface area (Å²) >= 11 is 1.54. The number of hydrogen-bond acceptors (Lipinski definition) is 4. The van der Waals surface area contributed by atoms with Crippen LogP contribution in [-0.2, 0) is 0 Å². The van der Waals surface area contributed by atoms with Gasteiger partial charge in [0.1, 0.15) is 23.1 Å². The summed E-state index contributed by atoms with van der Waals surface area (Å²) in [6, 6.07) is 24.9. The molecule has 4 nitrogen and oxygen atoms in total. The van der Waals surface area contributed by atoms with Crippen molar-refractivity contribution in [2.75, 3.05) is 13.2 Å². The van der Waals surface area contributed by atoms with E-state index in [1.807, 2.05) is 24.3 Å². The van der Waals surface area contributed by atoms with Crippen molar-refractivity contribution in [3.8, 4) is 22.6 Å². The molecule has 4 aromatic carbocycles. The molecule has 35 heavy (non-hydrogen) atoms. The lowest BCUT2D eigenvalue weighted by atomic mass is 10.1. The highest BCUT2D eigenvalue weighted by Gasteiger charge is 2.07. The lowest BCUT2D eigenvalue weighted by Crippen LogP contribution is -2.04. The second kappa shape index (κ2) is 11.5. The molecule has 0 unspecified atom stereocenters. The number of carboxylic acid groups (broad SMARTS) is 1. The zero-order valence-corrected chi connectivity index (χ0v) is 19.4. The normalized spacial score (nSPS) is 10.7. The van der Waals surface area contributed by atoms with Gasteiger partial charge in [0.05, 0.1) is 18.8 Å². The number of aromatic carboxylic acids is 1. The molecule has 4 aromatic rings. The summed E-state index contributed by atoms with van der Waals surface area (Å²) in [6.07, 6.45) is 0.681. The minimum Gasteiger partial charge on any atom is -0.493 e. The Balaban J connectivity index is 1.19. The van der Waals surface area contributed by atoms with Gasteiger partial charge in [-0.25, -0.2) is 13.6 Å². The number of hydrogen-bond donors (Lipinski definition) is 1. The molecule has 7 heteroatoms. The van der Waals surface area contributed by atoms with Crippen LogP contribution in [0.15, 0.2) is 101 Å². The molecule has 0 spiro atoms. The molecule has 0 aliphatic heterocycles. The summed E-state index contributed by atoms with van der Waals surface area (Å²) in [5.74, 6) is -0.731. The summed E-state index contributed by atoms with van der Waals surface area (Å²) < 4.78 is 38.5. The van der Waals surface area contributed by atoms with Crippen LogP contribution in [0.1, 0.15) is 16.8 Å². The minimum atomic E-state index is -0.940. The van der Waals surface area contributed by atoms with E-state index >= 15 is 0 Å². The number of rotatable bonds is 10. The van der Waals surface area contributed by atoms with Gasteiger partial charge >= 0.3 is 5.97 Å². The van der Waals surface area contributed by atoms with Crippen LogP contribution in [0.4, 0.5) is 8.78 Å². The summed E-state index contributed by atoms with van der Waals surface area (Å²) in [4.78, 5) is 12.9. The first-order valence-electron chi connectivity index (χ1n) is 10.9. The smallest absolute Gasteiger partial charge is 0.335 e. The van der Waals surface area contributed by atoms with Crippen LogP contribution >= 0.6 is 11.8 Å². The summed E-state index contributed by atoms with van der Waals surface area (Å²) in [5.41, 5.74) is 1.25. The van der Waals surface area contributed by atoms with Gasteiger partial charge in [0.15, 0.2) is 0 Å². The third kappa shape index (κ3) is 6.83. The summed E-state index contributed by atoms with van der Waals surface area (Å²) in [7, 11) is 0. The van der Waals surface area contributed by atoms with Crippen LogP contribution in [0.3, 0.4) is 0 Å². The quantitative estimate of drug-likeness (QED) is 0.235. The molecule has 0 saturated carbocycles. The Hall–Kier alpha value is -3.84. The van der Waals surface area contributed by atoms with E-state index in [9.17, 15) is 13.6 Å². The van der Waals surface area contributed by atoms with E-state index < -0.39 is 17.6 Å². The van der Waals surface area contributed by atoms with Gasteiger partial charge in [-0.3, -0.25) is 0 Å². The highest BCUT2D eigenvalue weighted by atomic mass is 32.2. The standard InChI is InChI=1S/C28H22F2O4S/c29-21-6-15-26(27(30)18-21)19-2-7-22(8-3-19)33-16-1-17-34-23-9-13-25(14-10-23)35-24-11-4-20(5-12-24)28(31)32/h2-15,18H,1,16-17H2,(H,31,32). The number of carbonyl (C=O) groups is 1. The average Bonchev–Trinajstić information content (AvgIpc) is 2.86. The Labute approximate surface area is 206 Å². The molecule has 0 fully saturated rings. The molecule has 0 bridgehead atoms. The molecule has 0 aliphatic carbocycles. The molecule has 0 heterocycles. The molecule has 0 radical (unpaired) electrons. The fraction of sp³-hybridized carbons (Fsp3) is 0.107. The van der Waals surface area contributed by atoms with E-state index in [4.69, 9.17) is 14.6 Å². The van der Waals surface area contributed by atoms with Gasteiger partial charge in [-0.15, -0.1) is 0 Å². The Bertz CT molecular complexity index is 1270. The fourth-order valence-corrected chi connectivity index (χ4v) is 4.12. The Kier molecular flexibility index (Phi) is 8.00. The van der Waals surface area contributed by atoms with Crippen LogP contribution in [0.25, 0.3) is 11.1 Å². The van der Waals surface area contributed by atoms with Crippen molar-refractivity contribution < 1.29 is 28.2 Å². The fourth-order valence-electron chi connectivity index (χ4n) is 3.30. The molecule has 4 rings (SSSR count). The summed E-state index contributed by atoms with van der Waals surface area (Å²) in [5, 5.41) is 8.97. The minimum absolute atomic E-state index is 0.263. The molecule has 0 aromatic heterocycles. The molecular formula is C28H22F2O4S. The zero-order valence-electron chi connectivity index (χ0n) is 18.6. The number of halogens is 2. The van der Waals surface area contributed by atoms with Crippen molar-refractivity contribution >= 4 is 17.7 Å².